The maximum absolute atomic E-state index is 10.5. The average molecular weight is 497 g/mol. The van der Waals surface area contributed by atoms with E-state index in [9.17, 15) is 5.26 Å². The van der Waals surface area contributed by atoms with Crippen LogP contribution in [0.4, 0.5) is 11.5 Å². The van der Waals surface area contributed by atoms with Gasteiger partial charge in [-0.2, -0.15) is 5.26 Å². The number of nitrogens with zero attached hydrogens (tertiary/aromatic N) is 6. The molecule has 3 aliphatic rings. The van der Waals surface area contributed by atoms with Crippen molar-refractivity contribution in [1.82, 2.24) is 14.5 Å². The summed E-state index contributed by atoms with van der Waals surface area (Å²) in [7, 11) is 0. The number of hydrogen-bond acceptors (Lipinski definition) is 5. The first-order valence-electron chi connectivity index (χ1n) is 14.7. The standard InChI is InChI=1S/C31H40N6/c32-22-27-28-30(31(34-23-33-28)36-20-18-35(19-21-36)25-14-10-5-11-15-25)37(26-16-8-3-4-9-17-26)29(27)24-12-6-1-2-7-13-24/h5,10-11,14-15,23-24,26H,1-4,6-9,12-13,16-21H2. The predicted octanol–water partition coefficient (Wildman–Crippen LogP) is 6.96. The Kier molecular flexibility index (Phi) is 7.30. The fourth-order valence-corrected chi connectivity index (χ4v) is 7.14. The Labute approximate surface area is 221 Å². The summed E-state index contributed by atoms with van der Waals surface area (Å²) >= 11 is 0. The number of nitriles is 1. The van der Waals surface area contributed by atoms with E-state index >= 15 is 0 Å². The lowest BCUT2D eigenvalue weighted by Gasteiger charge is -2.37. The van der Waals surface area contributed by atoms with Gasteiger partial charge in [0.25, 0.3) is 0 Å². The van der Waals surface area contributed by atoms with Crippen LogP contribution in [-0.2, 0) is 0 Å². The van der Waals surface area contributed by atoms with Crippen LogP contribution in [0.5, 0.6) is 0 Å². The van der Waals surface area contributed by atoms with E-state index in [2.05, 4.69) is 50.8 Å². The lowest BCUT2D eigenvalue weighted by atomic mass is 9.93. The summed E-state index contributed by atoms with van der Waals surface area (Å²) in [6.07, 6.45) is 16.8. The van der Waals surface area contributed by atoms with Crippen LogP contribution < -0.4 is 9.80 Å². The van der Waals surface area contributed by atoms with Gasteiger partial charge in [0, 0.05) is 49.5 Å². The number of piperazine rings is 1. The maximum atomic E-state index is 10.5. The van der Waals surface area contributed by atoms with Crippen molar-refractivity contribution in [3.63, 3.8) is 0 Å². The van der Waals surface area contributed by atoms with Gasteiger partial charge in [-0.3, -0.25) is 0 Å². The van der Waals surface area contributed by atoms with Crippen LogP contribution in [0.15, 0.2) is 36.7 Å². The first kappa shape index (κ1) is 24.3. The molecular formula is C31H40N6. The van der Waals surface area contributed by atoms with E-state index in [0.29, 0.717) is 12.0 Å². The third-order valence-electron chi connectivity index (χ3n) is 9.04. The Bertz CT molecular complexity index is 1220. The molecule has 3 fully saturated rings. The van der Waals surface area contributed by atoms with Crippen molar-refractivity contribution in [2.45, 2.75) is 89.0 Å². The second kappa shape index (κ2) is 11.1. The summed E-state index contributed by atoms with van der Waals surface area (Å²) < 4.78 is 2.62. The molecular weight excluding hydrogens is 456 g/mol. The molecule has 6 rings (SSSR count). The van der Waals surface area contributed by atoms with E-state index < -0.39 is 0 Å². The number of rotatable bonds is 4. The molecule has 6 nitrogen and oxygen atoms in total. The van der Waals surface area contributed by atoms with E-state index in [1.165, 1.54) is 88.4 Å². The van der Waals surface area contributed by atoms with Crippen molar-refractivity contribution in [2.75, 3.05) is 36.0 Å². The van der Waals surface area contributed by atoms with E-state index in [1.807, 2.05) is 0 Å². The van der Waals surface area contributed by atoms with Crippen LogP contribution in [0, 0.1) is 11.3 Å². The Morgan fingerprint density at radius 3 is 2.00 bits per heavy atom. The molecule has 194 valence electrons. The van der Waals surface area contributed by atoms with Gasteiger partial charge in [-0.25, -0.2) is 9.97 Å². The molecule has 2 aliphatic carbocycles. The Morgan fingerprint density at radius 2 is 1.35 bits per heavy atom. The fraction of sp³-hybridized carbons (Fsp3) is 0.581. The van der Waals surface area contributed by atoms with Crippen LogP contribution in [0.1, 0.15) is 100 Å². The molecule has 37 heavy (non-hydrogen) atoms. The van der Waals surface area contributed by atoms with Gasteiger partial charge in [0.05, 0.1) is 5.56 Å². The van der Waals surface area contributed by atoms with E-state index in [-0.39, 0.29) is 0 Å². The minimum atomic E-state index is 0.445. The minimum absolute atomic E-state index is 0.445. The largest absolute Gasteiger partial charge is 0.368 e. The molecule has 0 atom stereocenters. The Morgan fingerprint density at radius 1 is 0.730 bits per heavy atom. The first-order chi connectivity index (χ1) is 18.3. The van der Waals surface area contributed by atoms with E-state index in [4.69, 9.17) is 9.97 Å². The number of aromatic nitrogens is 3. The fourth-order valence-electron chi connectivity index (χ4n) is 7.14. The molecule has 0 radical (unpaired) electrons. The molecule has 2 saturated carbocycles. The lowest BCUT2D eigenvalue weighted by Crippen LogP contribution is -2.47. The predicted molar refractivity (Wildman–Crippen MR) is 150 cm³/mol. The van der Waals surface area contributed by atoms with Gasteiger partial charge in [-0.1, -0.05) is 69.6 Å². The molecule has 0 spiro atoms. The molecule has 0 amide bonds. The normalized spacial score (nSPS) is 20.5. The van der Waals surface area contributed by atoms with Crippen molar-refractivity contribution < 1.29 is 0 Å². The topological polar surface area (TPSA) is 61.0 Å². The molecule has 1 saturated heterocycles. The van der Waals surface area contributed by atoms with Crippen molar-refractivity contribution in [2.24, 2.45) is 0 Å². The summed E-state index contributed by atoms with van der Waals surface area (Å²) in [5.41, 5.74) is 5.44. The zero-order chi connectivity index (χ0) is 25.0. The second-order valence-corrected chi connectivity index (χ2v) is 11.3. The van der Waals surface area contributed by atoms with Gasteiger partial charge < -0.3 is 14.4 Å². The first-order valence-corrected chi connectivity index (χ1v) is 14.7. The summed E-state index contributed by atoms with van der Waals surface area (Å²) in [6, 6.07) is 13.8. The van der Waals surface area contributed by atoms with Gasteiger partial charge in [0.15, 0.2) is 5.82 Å². The van der Waals surface area contributed by atoms with Crippen molar-refractivity contribution in [3.05, 3.63) is 47.9 Å². The smallest absolute Gasteiger partial charge is 0.156 e. The quantitative estimate of drug-likeness (QED) is 0.365. The molecule has 2 aromatic heterocycles. The molecule has 0 unspecified atom stereocenters. The van der Waals surface area contributed by atoms with Crippen molar-refractivity contribution in [3.8, 4) is 6.07 Å². The molecule has 1 aromatic carbocycles. The average Bonchev–Trinajstić information content (AvgIpc) is 3.19. The highest BCUT2D eigenvalue weighted by molar-refractivity contribution is 5.93. The van der Waals surface area contributed by atoms with Crippen LogP contribution in [0.25, 0.3) is 11.0 Å². The highest BCUT2D eigenvalue weighted by atomic mass is 15.3. The third kappa shape index (κ3) is 4.81. The zero-order valence-electron chi connectivity index (χ0n) is 22.1. The minimum Gasteiger partial charge on any atom is -0.368 e. The monoisotopic (exact) mass is 496 g/mol. The van der Waals surface area contributed by atoms with Gasteiger partial charge in [-0.05, 0) is 37.8 Å². The van der Waals surface area contributed by atoms with Crippen LogP contribution >= 0.6 is 0 Å². The number of anilines is 2. The molecule has 3 aromatic rings. The molecule has 0 N–H and O–H groups in total. The van der Waals surface area contributed by atoms with E-state index in [1.54, 1.807) is 6.33 Å². The summed E-state index contributed by atoms with van der Waals surface area (Å²) in [4.78, 5) is 14.6. The van der Waals surface area contributed by atoms with Gasteiger partial charge >= 0.3 is 0 Å². The summed E-state index contributed by atoms with van der Waals surface area (Å²) in [5.74, 6) is 1.50. The number of para-hydroxylation sites is 1. The van der Waals surface area contributed by atoms with Crippen LogP contribution in [0.2, 0.25) is 0 Å². The Balaban J connectivity index is 1.43. The summed E-state index contributed by atoms with van der Waals surface area (Å²) in [6.45, 7) is 3.80. The Hall–Kier alpha value is -3.07. The van der Waals surface area contributed by atoms with E-state index in [0.717, 1.165) is 48.6 Å². The SMILES string of the molecule is N#Cc1c(C2CCCCCC2)n(C2CCCCCC2)c2c(N3CCN(c4ccccc4)CC3)ncnc12. The zero-order valence-corrected chi connectivity index (χ0v) is 22.1. The molecule has 0 bridgehead atoms. The third-order valence-corrected chi connectivity index (χ3v) is 9.04. The van der Waals surface area contributed by atoms with Crippen LogP contribution in [-0.4, -0.2) is 40.7 Å². The van der Waals surface area contributed by atoms with Gasteiger partial charge in [0.2, 0.25) is 0 Å². The number of hydrogen-bond donors (Lipinski definition) is 0. The summed E-state index contributed by atoms with van der Waals surface area (Å²) in [5, 5.41) is 10.5. The molecule has 1 aliphatic heterocycles. The van der Waals surface area contributed by atoms with Crippen LogP contribution in [0.3, 0.4) is 0 Å². The lowest BCUT2D eigenvalue weighted by molar-refractivity contribution is 0.423. The van der Waals surface area contributed by atoms with Gasteiger partial charge in [0.1, 0.15) is 23.4 Å². The maximum Gasteiger partial charge on any atom is 0.156 e. The highest BCUT2D eigenvalue weighted by Crippen LogP contribution is 2.44. The number of benzene rings is 1. The second-order valence-electron chi connectivity index (χ2n) is 11.3. The van der Waals surface area contributed by atoms with Gasteiger partial charge in [-0.15, -0.1) is 0 Å². The van der Waals surface area contributed by atoms with Crippen molar-refractivity contribution in [1.29, 1.82) is 5.26 Å². The number of fused-ring (bicyclic) bond motifs is 1. The molecule has 6 heteroatoms. The highest BCUT2D eigenvalue weighted by Gasteiger charge is 2.33. The molecule has 3 heterocycles. The van der Waals surface area contributed by atoms with Crippen molar-refractivity contribution >= 4 is 22.5 Å².